The van der Waals surface area contributed by atoms with Crippen molar-refractivity contribution in [1.29, 1.82) is 5.26 Å². The largest absolute Gasteiger partial charge is 0.389 e. The van der Waals surface area contributed by atoms with E-state index in [1.165, 1.54) is 0 Å². The average molecular weight is 267 g/mol. The summed E-state index contributed by atoms with van der Waals surface area (Å²) >= 11 is 0. The number of aliphatic hydroxyl groups is 1. The maximum atomic E-state index is 9.89. The quantitative estimate of drug-likeness (QED) is 0.903. The molecule has 0 aliphatic rings. The summed E-state index contributed by atoms with van der Waals surface area (Å²) in [6.07, 6.45) is 1.49. The van der Waals surface area contributed by atoms with Gasteiger partial charge < -0.3 is 10.0 Å². The van der Waals surface area contributed by atoms with Gasteiger partial charge in [-0.3, -0.25) is 0 Å². The van der Waals surface area contributed by atoms with Crippen molar-refractivity contribution in [3.05, 3.63) is 54.2 Å². The van der Waals surface area contributed by atoms with Crippen LogP contribution in [0, 0.1) is 11.3 Å². The Bertz CT molecular complexity index is 590. The molecule has 0 amide bonds. The average Bonchev–Trinajstić information content (AvgIpc) is 2.49. The van der Waals surface area contributed by atoms with E-state index in [1.807, 2.05) is 41.3 Å². The number of aromatic nitrogens is 1. The summed E-state index contributed by atoms with van der Waals surface area (Å²) < 4.78 is 0. The number of aliphatic hydroxyl groups excluding tert-OH is 1. The van der Waals surface area contributed by atoms with E-state index in [1.54, 1.807) is 19.2 Å². The van der Waals surface area contributed by atoms with E-state index < -0.39 is 6.10 Å². The molecule has 0 fully saturated rings. The van der Waals surface area contributed by atoms with Crippen LogP contribution in [-0.4, -0.2) is 16.6 Å². The molecule has 0 aliphatic carbocycles. The number of nitrogens with zero attached hydrogens (tertiary/aromatic N) is 3. The monoisotopic (exact) mass is 267 g/mol. The van der Waals surface area contributed by atoms with E-state index in [9.17, 15) is 5.11 Å². The standard InChI is InChI=1S/C16H17N3O/c1-13(20)15-9-5-11-18-16(15)19(12-6-10-17)14-7-3-2-4-8-14/h2-5,7-9,11,13,20H,6,12H2,1H3/t13-/m0/s1. The van der Waals surface area contributed by atoms with Crippen LogP contribution in [0.2, 0.25) is 0 Å². The number of anilines is 2. The molecule has 1 N–H and O–H groups in total. The molecule has 0 radical (unpaired) electrons. The predicted molar refractivity (Wildman–Crippen MR) is 78.5 cm³/mol. The second-order valence-electron chi connectivity index (χ2n) is 4.49. The number of pyridine rings is 1. The Morgan fingerprint density at radius 3 is 2.65 bits per heavy atom. The molecule has 4 nitrogen and oxygen atoms in total. The number of para-hydroxylation sites is 1. The van der Waals surface area contributed by atoms with Crippen LogP contribution in [-0.2, 0) is 0 Å². The molecule has 20 heavy (non-hydrogen) atoms. The first-order valence-corrected chi connectivity index (χ1v) is 6.56. The molecule has 0 unspecified atom stereocenters. The van der Waals surface area contributed by atoms with Gasteiger partial charge in [0.25, 0.3) is 0 Å². The normalized spacial score (nSPS) is 11.7. The number of hydrogen-bond acceptors (Lipinski definition) is 4. The summed E-state index contributed by atoms with van der Waals surface area (Å²) in [4.78, 5) is 6.35. The predicted octanol–water partition coefficient (Wildman–Crippen LogP) is 3.19. The highest BCUT2D eigenvalue weighted by Crippen LogP contribution is 2.29. The zero-order valence-electron chi connectivity index (χ0n) is 11.4. The van der Waals surface area contributed by atoms with Gasteiger partial charge in [0.05, 0.1) is 18.6 Å². The summed E-state index contributed by atoms with van der Waals surface area (Å²) in [5, 5.41) is 18.7. The summed E-state index contributed by atoms with van der Waals surface area (Å²) in [5.41, 5.74) is 1.72. The highest BCUT2D eigenvalue weighted by Gasteiger charge is 2.16. The number of benzene rings is 1. The van der Waals surface area contributed by atoms with Gasteiger partial charge in [-0.2, -0.15) is 5.26 Å². The second kappa shape index (κ2) is 6.69. The van der Waals surface area contributed by atoms with E-state index in [0.29, 0.717) is 18.8 Å². The molecule has 1 heterocycles. The summed E-state index contributed by atoms with van der Waals surface area (Å²) in [6, 6.07) is 15.6. The van der Waals surface area contributed by atoms with E-state index in [0.717, 1.165) is 11.3 Å². The van der Waals surface area contributed by atoms with Crippen LogP contribution < -0.4 is 4.90 Å². The minimum Gasteiger partial charge on any atom is -0.389 e. The Kier molecular flexibility index (Phi) is 4.70. The van der Waals surface area contributed by atoms with Crippen molar-refractivity contribution in [1.82, 2.24) is 4.98 Å². The molecule has 0 saturated carbocycles. The van der Waals surface area contributed by atoms with Crippen molar-refractivity contribution in [2.45, 2.75) is 19.4 Å². The lowest BCUT2D eigenvalue weighted by Gasteiger charge is -2.25. The zero-order valence-corrected chi connectivity index (χ0v) is 11.4. The van der Waals surface area contributed by atoms with E-state index in [4.69, 9.17) is 5.26 Å². The minimum absolute atomic E-state index is 0.394. The van der Waals surface area contributed by atoms with Crippen molar-refractivity contribution in [2.24, 2.45) is 0 Å². The first kappa shape index (κ1) is 14.0. The lowest BCUT2D eigenvalue weighted by molar-refractivity contribution is 0.199. The SMILES string of the molecule is C[C@H](O)c1cccnc1N(CCC#N)c1ccccc1. The highest BCUT2D eigenvalue weighted by atomic mass is 16.3. The van der Waals surface area contributed by atoms with Crippen LogP contribution >= 0.6 is 0 Å². The van der Waals surface area contributed by atoms with Gasteiger partial charge >= 0.3 is 0 Å². The second-order valence-corrected chi connectivity index (χ2v) is 4.49. The molecular formula is C16H17N3O. The number of rotatable bonds is 5. The number of hydrogen-bond donors (Lipinski definition) is 1. The molecule has 0 spiro atoms. The fourth-order valence-electron chi connectivity index (χ4n) is 2.09. The van der Waals surface area contributed by atoms with Crippen LogP contribution in [0.1, 0.15) is 25.0 Å². The fraction of sp³-hybridized carbons (Fsp3) is 0.250. The van der Waals surface area contributed by atoms with Gasteiger partial charge in [0.15, 0.2) is 0 Å². The van der Waals surface area contributed by atoms with E-state index in [-0.39, 0.29) is 0 Å². The molecule has 1 aromatic heterocycles. The van der Waals surface area contributed by atoms with Gasteiger partial charge in [-0.15, -0.1) is 0 Å². The maximum Gasteiger partial charge on any atom is 0.138 e. The van der Waals surface area contributed by atoms with Gasteiger partial charge in [-0.1, -0.05) is 24.3 Å². The third-order valence-corrected chi connectivity index (χ3v) is 3.04. The Labute approximate surface area is 118 Å². The molecule has 1 atom stereocenters. The molecule has 102 valence electrons. The number of nitriles is 1. The molecule has 0 bridgehead atoms. The van der Waals surface area contributed by atoms with E-state index >= 15 is 0 Å². The topological polar surface area (TPSA) is 60.2 Å². The van der Waals surface area contributed by atoms with Crippen molar-refractivity contribution < 1.29 is 5.11 Å². The van der Waals surface area contributed by atoms with Gasteiger partial charge in [-0.25, -0.2) is 4.98 Å². The van der Waals surface area contributed by atoms with Crippen LogP contribution in [0.3, 0.4) is 0 Å². The lowest BCUT2D eigenvalue weighted by Crippen LogP contribution is -2.21. The van der Waals surface area contributed by atoms with Crippen LogP contribution in [0.4, 0.5) is 11.5 Å². The van der Waals surface area contributed by atoms with Crippen LogP contribution in [0.5, 0.6) is 0 Å². The minimum atomic E-state index is -0.605. The van der Waals surface area contributed by atoms with Gasteiger partial charge in [0, 0.05) is 24.0 Å². The first-order valence-electron chi connectivity index (χ1n) is 6.56. The zero-order chi connectivity index (χ0) is 14.4. The van der Waals surface area contributed by atoms with Crippen molar-refractivity contribution in [3.63, 3.8) is 0 Å². The Balaban J connectivity index is 2.45. The summed E-state index contributed by atoms with van der Waals surface area (Å²) in [6.45, 7) is 2.26. The summed E-state index contributed by atoms with van der Waals surface area (Å²) in [5.74, 6) is 0.698. The lowest BCUT2D eigenvalue weighted by atomic mass is 10.1. The molecule has 1 aromatic carbocycles. The first-order chi connectivity index (χ1) is 9.74. The van der Waals surface area contributed by atoms with Crippen LogP contribution in [0.15, 0.2) is 48.7 Å². The Morgan fingerprint density at radius 2 is 2.00 bits per heavy atom. The molecule has 2 rings (SSSR count). The van der Waals surface area contributed by atoms with Gasteiger partial charge in [0.1, 0.15) is 5.82 Å². The van der Waals surface area contributed by atoms with Crippen molar-refractivity contribution >= 4 is 11.5 Å². The summed E-state index contributed by atoms with van der Waals surface area (Å²) in [7, 11) is 0. The Hall–Kier alpha value is -2.38. The van der Waals surface area contributed by atoms with Crippen molar-refractivity contribution in [3.8, 4) is 6.07 Å². The fourth-order valence-corrected chi connectivity index (χ4v) is 2.09. The van der Waals surface area contributed by atoms with Crippen molar-refractivity contribution in [2.75, 3.05) is 11.4 Å². The smallest absolute Gasteiger partial charge is 0.138 e. The molecule has 0 aliphatic heterocycles. The van der Waals surface area contributed by atoms with Gasteiger partial charge in [0.2, 0.25) is 0 Å². The highest BCUT2D eigenvalue weighted by molar-refractivity contribution is 5.63. The van der Waals surface area contributed by atoms with Crippen LogP contribution in [0.25, 0.3) is 0 Å². The molecule has 4 heteroatoms. The van der Waals surface area contributed by atoms with E-state index in [2.05, 4.69) is 11.1 Å². The third-order valence-electron chi connectivity index (χ3n) is 3.04. The molecule has 0 saturated heterocycles. The maximum absolute atomic E-state index is 9.89. The third kappa shape index (κ3) is 3.14. The molecule has 2 aromatic rings. The Morgan fingerprint density at radius 1 is 1.25 bits per heavy atom. The molecular weight excluding hydrogens is 250 g/mol. The van der Waals surface area contributed by atoms with Gasteiger partial charge in [-0.05, 0) is 25.1 Å².